The molecule has 0 radical (unpaired) electrons. The highest BCUT2D eigenvalue weighted by Gasteiger charge is 2.10. The molecule has 2 N–H and O–H groups in total. The number of anilines is 1. The van der Waals surface area contributed by atoms with Crippen molar-refractivity contribution in [1.82, 2.24) is 0 Å². The van der Waals surface area contributed by atoms with Crippen LogP contribution in [0.4, 0.5) is 5.69 Å². The second-order valence-electron chi connectivity index (χ2n) is 3.62. The van der Waals surface area contributed by atoms with E-state index in [1.807, 2.05) is 13.0 Å². The van der Waals surface area contributed by atoms with Crippen molar-refractivity contribution in [2.45, 2.75) is 6.92 Å². The standard InChI is InChI=1S/C12H12BrNO3/c1-7-10(16-5-4-13)3-2-8-9(14)6-11(15)17-12(7)8/h2-3,6H,4-5,14H2,1H3. The van der Waals surface area contributed by atoms with Gasteiger partial charge in [0.25, 0.3) is 0 Å². The van der Waals surface area contributed by atoms with Crippen LogP contribution in [0.3, 0.4) is 0 Å². The first-order chi connectivity index (χ1) is 8.13. The fraction of sp³-hybridized carbons (Fsp3) is 0.250. The number of nitrogens with two attached hydrogens (primary N) is 1. The Morgan fingerprint density at radius 3 is 2.94 bits per heavy atom. The molecular formula is C12H12BrNO3. The molecule has 0 fully saturated rings. The van der Waals surface area contributed by atoms with Gasteiger partial charge < -0.3 is 14.9 Å². The number of fused-ring (bicyclic) bond motifs is 1. The molecule has 4 nitrogen and oxygen atoms in total. The minimum Gasteiger partial charge on any atom is -0.492 e. The van der Waals surface area contributed by atoms with Gasteiger partial charge in [0.1, 0.15) is 11.3 Å². The third-order valence-electron chi connectivity index (χ3n) is 2.48. The van der Waals surface area contributed by atoms with Crippen LogP contribution in [0.15, 0.2) is 27.4 Å². The first-order valence-electron chi connectivity index (χ1n) is 5.15. The first-order valence-corrected chi connectivity index (χ1v) is 6.27. The number of aryl methyl sites for hydroxylation is 1. The average molecular weight is 298 g/mol. The lowest BCUT2D eigenvalue weighted by Crippen LogP contribution is -2.03. The summed E-state index contributed by atoms with van der Waals surface area (Å²) in [6, 6.07) is 4.90. The Balaban J connectivity index is 2.62. The second-order valence-corrected chi connectivity index (χ2v) is 4.42. The summed E-state index contributed by atoms with van der Waals surface area (Å²) in [7, 11) is 0. The summed E-state index contributed by atoms with van der Waals surface area (Å²) in [5.74, 6) is 0.700. The van der Waals surface area contributed by atoms with E-state index >= 15 is 0 Å². The van der Waals surface area contributed by atoms with E-state index in [1.54, 1.807) is 6.07 Å². The lowest BCUT2D eigenvalue weighted by molar-refractivity contribution is 0.342. The van der Waals surface area contributed by atoms with Gasteiger partial charge in [-0.3, -0.25) is 0 Å². The van der Waals surface area contributed by atoms with E-state index in [9.17, 15) is 4.79 Å². The van der Waals surface area contributed by atoms with E-state index in [2.05, 4.69) is 15.9 Å². The van der Waals surface area contributed by atoms with Crippen LogP contribution in [0, 0.1) is 6.92 Å². The average Bonchev–Trinajstić information content (AvgIpc) is 2.29. The molecule has 0 amide bonds. The lowest BCUT2D eigenvalue weighted by atomic mass is 10.1. The van der Waals surface area contributed by atoms with Gasteiger partial charge >= 0.3 is 5.63 Å². The highest BCUT2D eigenvalue weighted by atomic mass is 79.9. The molecule has 2 aromatic rings. The van der Waals surface area contributed by atoms with Crippen LogP contribution >= 0.6 is 15.9 Å². The van der Waals surface area contributed by atoms with Gasteiger partial charge in [0.15, 0.2) is 0 Å². The van der Waals surface area contributed by atoms with Gasteiger partial charge in [-0.15, -0.1) is 0 Å². The van der Waals surface area contributed by atoms with Crippen molar-refractivity contribution >= 4 is 32.6 Å². The van der Waals surface area contributed by atoms with Crippen molar-refractivity contribution in [2.75, 3.05) is 17.7 Å². The summed E-state index contributed by atoms with van der Waals surface area (Å²) in [5.41, 5.74) is 7.02. The molecule has 0 spiro atoms. The predicted molar refractivity (Wildman–Crippen MR) is 70.9 cm³/mol. The highest BCUT2D eigenvalue weighted by molar-refractivity contribution is 9.09. The van der Waals surface area contributed by atoms with Gasteiger partial charge in [0.05, 0.1) is 6.61 Å². The molecular weight excluding hydrogens is 286 g/mol. The minimum atomic E-state index is -0.448. The van der Waals surface area contributed by atoms with Crippen molar-refractivity contribution in [1.29, 1.82) is 0 Å². The molecule has 1 aromatic heterocycles. The molecule has 1 heterocycles. The molecule has 0 aliphatic rings. The number of halogens is 1. The van der Waals surface area contributed by atoms with Gasteiger partial charge in [0, 0.05) is 28.0 Å². The van der Waals surface area contributed by atoms with Crippen LogP contribution in [0.5, 0.6) is 5.75 Å². The molecule has 0 bridgehead atoms. The maximum absolute atomic E-state index is 11.3. The molecule has 0 aliphatic carbocycles. The lowest BCUT2D eigenvalue weighted by Gasteiger charge is -2.10. The SMILES string of the molecule is Cc1c(OCCBr)ccc2c(N)cc(=O)oc12. The topological polar surface area (TPSA) is 65.5 Å². The van der Waals surface area contributed by atoms with Crippen LogP contribution in [-0.2, 0) is 0 Å². The number of benzene rings is 1. The number of nitrogen functional groups attached to an aromatic ring is 1. The predicted octanol–water partition coefficient (Wildman–Crippen LogP) is 2.46. The van der Waals surface area contributed by atoms with Crippen molar-refractivity contribution in [3.05, 3.63) is 34.2 Å². The molecule has 0 saturated heterocycles. The maximum atomic E-state index is 11.3. The van der Waals surface area contributed by atoms with Gasteiger partial charge in [-0.1, -0.05) is 15.9 Å². The zero-order valence-corrected chi connectivity index (χ0v) is 10.9. The largest absolute Gasteiger partial charge is 0.492 e. The Morgan fingerprint density at radius 2 is 2.24 bits per heavy atom. The molecule has 0 aliphatic heterocycles. The molecule has 1 aromatic carbocycles. The van der Waals surface area contributed by atoms with Gasteiger partial charge in [-0.05, 0) is 19.1 Å². The summed E-state index contributed by atoms with van der Waals surface area (Å²) in [5, 5.41) is 1.47. The van der Waals surface area contributed by atoms with Crippen molar-refractivity contribution in [3.8, 4) is 5.75 Å². The molecule has 5 heteroatoms. The Hall–Kier alpha value is -1.49. The molecule has 17 heavy (non-hydrogen) atoms. The normalized spacial score (nSPS) is 10.7. The number of ether oxygens (including phenoxy) is 1. The Bertz CT molecular complexity index is 606. The van der Waals surface area contributed by atoms with E-state index in [0.717, 1.165) is 16.3 Å². The second kappa shape index (κ2) is 4.79. The van der Waals surface area contributed by atoms with E-state index in [0.29, 0.717) is 23.6 Å². The van der Waals surface area contributed by atoms with Crippen LogP contribution in [0.1, 0.15) is 5.56 Å². The Morgan fingerprint density at radius 1 is 1.47 bits per heavy atom. The van der Waals surface area contributed by atoms with Crippen molar-refractivity contribution in [3.63, 3.8) is 0 Å². The zero-order chi connectivity index (χ0) is 12.4. The maximum Gasteiger partial charge on any atom is 0.338 e. The van der Waals surface area contributed by atoms with E-state index in [4.69, 9.17) is 14.9 Å². The summed E-state index contributed by atoms with van der Waals surface area (Å²) >= 11 is 3.29. The Labute approximate surface area is 106 Å². The summed E-state index contributed by atoms with van der Waals surface area (Å²) in [4.78, 5) is 11.3. The monoisotopic (exact) mass is 297 g/mol. The highest BCUT2D eigenvalue weighted by Crippen LogP contribution is 2.29. The fourth-order valence-corrected chi connectivity index (χ4v) is 1.83. The van der Waals surface area contributed by atoms with E-state index in [1.165, 1.54) is 6.07 Å². The van der Waals surface area contributed by atoms with Crippen molar-refractivity contribution < 1.29 is 9.15 Å². The molecule has 0 saturated carbocycles. The van der Waals surface area contributed by atoms with Crippen molar-refractivity contribution in [2.24, 2.45) is 0 Å². The number of rotatable bonds is 3. The summed E-state index contributed by atoms with van der Waals surface area (Å²) in [6.45, 7) is 2.40. The number of hydrogen-bond acceptors (Lipinski definition) is 4. The molecule has 90 valence electrons. The van der Waals surface area contributed by atoms with Crippen LogP contribution in [0.2, 0.25) is 0 Å². The summed E-state index contributed by atoms with van der Waals surface area (Å²) < 4.78 is 10.7. The van der Waals surface area contributed by atoms with Crippen LogP contribution in [0.25, 0.3) is 11.0 Å². The third kappa shape index (κ3) is 2.29. The van der Waals surface area contributed by atoms with Crippen LogP contribution in [-0.4, -0.2) is 11.9 Å². The van der Waals surface area contributed by atoms with E-state index < -0.39 is 5.63 Å². The van der Waals surface area contributed by atoms with Gasteiger partial charge in [0.2, 0.25) is 0 Å². The fourth-order valence-electron chi connectivity index (χ4n) is 1.67. The first kappa shape index (κ1) is 12.0. The zero-order valence-electron chi connectivity index (χ0n) is 9.33. The number of hydrogen-bond donors (Lipinski definition) is 1. The Kier molecular flexibility index (Phi) is 3.38. The van der Waals surface area contributed by atoms with Gasteiger partial charge in [-0.2, -0.15) is 0 Å². The van der Waals surface area contributed by atoms with E-state index in [-0.39, 0.29) is 0 Å². The quantitative estimate of drug-likeness (QED) is 0.698. The van der Waals surface area contributed by atoms with Crippen LogP contribution < -0.4 is 16.1 Å². The minimum absolute atomic E-state index is 0.423. The molecule has 0 unspecified atom stereocenters. The smallest absolute Gasteiger partial charge is 0.338 e. The third-order valence-corrected chi connectivity index (χ3v) is 2.80. The molecule has 2 rings (SSSR count). The molecule has 0 atom stereocenters. The van der Waals surface area contributed by atoms with Gasteiger partial charge in [-0.25, -0.2) is 4.79 Å². The number of alkyl halides is 1. The summed E-state index contributed by atoms with van der Waals surface area (Å²) in [6.07, 6.45) is 0.